The zero-order valence-corrected chi connectivity index (χ0v) is 22.5. The van der Waals surface area contributed by atoms with Crippen LogP contribution in [0.25, 0.3) is 6.08 Å². The van der Waals surface area contributed by atoms with Gasteiger partial charge in [-0.3, -0.25) is 4.90 Å². The largest absolute Gasteiger partial charge is 0.492 e. The maximum atomic E-state index is 6.43. The smallest absolute Gasteiger partial charge is 0.231 e. The molecule has 0 fully saturated rings. The lowest BCUT2D eigenvalue weighted by atomic mass is 9.85. The van der Waals surface area contributed by atoms with E-state index in [0.29, 0.717) is 27.3 Å². The molecule has 2 aromatic carbocycles. The van der Waals surface area contributed by atoms with Crippen LogP contribution in [0.15, 0.2) is 30.3 Å². The maximum Gasteiger partial charge on any atom is 0.231 e. The lowest BCUT2D eigenvalue weighted by Crippen LogP contribution is -2.36. The molecule has 0 radical (unpaired) electrons. The molecule has 3 aromatic rings. The Morgan fingerprint density at radius 3 is 2.72 bits per heavy atom. The van der Waals surface area contributed by atoms with Gasteiger partial charge in [0.1, 0.15) is 6.04 Å². The van der Waals surface area contributed by atoms with E-state index < -0.39 is 0 Å². The summed E-state index contributed by atoms with van der Waals surface area (Å²) < 4.78 is 19.2. The molecule has 8 nitrogen and oxygen atoms in total. The van der Waals surface area contributed by atoms with Crippen molar-refractivity contribution in [3.8, 4) is 17.2 Å². The zero-order chi connectivity index (χ0) is 25.6. The summed E-state index contributed by atoms with van der Waals surface area (Å²) in [4.78, 5) is 2.24. The van der Waals surface area contributed by atoms with Gasteiger partial charge >= 0.3 is 0 Å². The second kappa shape index (κ2) is 9.57. The second-order valence-electron chi connectivity index (χ2n) is 10.2. The van der Waals surface area contributed by atoms with Gasteiger partial charge in [-0.25, -0.2) is 4.68 Å². The van der Waals surface area contributed by atoms with E-state index in [-0.39, 0.29) is 24.3 Å². The first-order valence-corrected chi connectivity index (χ1v) is 12.5. The minimum absolute atomic E-state index is 0.159. The Labute approximate surface area is 220 Å². The third-order valence-electron chi connectivity index (χ3n) is 6.73. The number of hydrogen-bond acceptors (Lipinski definition) is 7. The quantitative estimate of drug-likeness (QED) is 0.426. The Hall–Kier alpha value is -2.81. The number of tetrazole rings is 1. The number of hydrogen-bond donors (Lipinski definition) is 0. The van der Waals surface area contributed by atoms with Gasteiger partial charge in [-0.15, -0.1) is 5.10 Å². The van der Waals surface area contributed by atoms with Gasteiger partial charge in [-0.1, -0.05) is 62.2 Å². The van der Waals surface area contributed by atoms with E-state index in [2.05, 4.69) is 60.4 Å². The summed E-state index contributed by atoms with van der Waals surface area (Å²) in [6.07, 6.45) is 4.95. The summed E-state index contributed by atoms with van der Waals surface area (Å²) in [6, 6.07) is 7.13. The number of halogens is 2. The molecule has 190 valence electrons. The molecule has 0 aliphatic carbocycles. The zero-order valence-electron chi connectivity index (χ0n) is 21.0. The number of benzene rings is 2. The SMILES string of the molecule is COc1c2c(cc3c1C(c1nnnn1C(C=Cc1ccc(Cl)cc1Cl)C(C)(C)C)N(C)CC3)OCO2. The fourth-order valence-corrected chi connectivity index (χ4v) is 5.38. The average molecular weight is 530 g/mol. The van der Waals surface area contributed by atoms with Crippen LogP contribution in [0.4, 0.5) is 0 Å². The molecule has 2 aliphatic heterocycles. The van der Waals surface area contributed by atoms with Crippen LogP contribution < -0.4 is 14.2 Å². The van der Waals surface area contributed by atoms with Gasteiger partial charge in [-0.05, 0) is 58.6 Å². The van der Waals surface area contributed by atoms with Crippen molar-refractivity contribution in [2.24, 2.45) is 5.41 Å². The lowest BCUT2D eigenvalue weighted by molar-refractivity contribution is 0.170. The standard InChI is InChI=1S/C26H29Cl2N5O3/c1-26(2,3)20(9-7-15-6-8-17(27)13-18(15)28)33-25(29-30-31-33)22-21-16(10-11-32(22)4)12-19-23(24(21)34-5)36-14-35-19/h6-9,12-13,20,22H,10-11,14H2,1-5H3. The maximum absolute atomic E-state index is 6.43. The number of nitrogens with zero attached hydrogens (tertiary/aromatic N) is 5. The number of allylic oxidation sites excluding steroid dienone is 1. The third-order valence-corrected chi connectivity index (χ3v) is 7.29. The Bertz CT molecular complexity index is 1320. The highest BCUT2D eigenvalue weighted by molar-refractivity contribution is 6.35. The molecule has 10 heteroatoms. The second-order valence-corrected chi connectivity index (χ2v) is 11.0. The van der Waals surface area contributed by atoms with Crippen molar-refractivity contribution in [3.05, 3.63) is 62.9 Å². The molecule has 3 heterocycles. The normalized spacial score (nSPS) is 18.5. The van der Waals surface area contributed by atoms with E-state index in [1.165, 1.54) is 0 Å². The van der Waals surface area contributed by atoms with E-state index >= 15 is 0 Å². The predicted octanol–water partition coefficient (Wildman–Crippen LogP) is 5.60. The van der Waals surface area contributed by atoms with Crippen LogP contribution in [0, 0.1) is 5.41 Å². The fraction of sp³-hybridized carbons (Fsp3) is 0.423. The number of likely N-dealkylation sites (N-methyl/N-ethyl adjacent to an activating group) is 1. The molecule has 2 unspecified atom stereocenters. The van der Waals surface area contributed by atoms with E-state index in [9.17, 15) is 0 Å². The molecule has 0 N–H and O–H groups in total. The van der Waals surface area contributed by atoms with E-state index in [1.807, 2.05) is 22.9 Å². The molecule has 0 bridgehead atoms. The Morgan fingerprint density at radius 1 is 1.19 bits per heavy atom. The molecule has 0 saturated carbocycles. The minimum Gasteiger partial charge on any atom is -0.492 e. The number of methoxy groups -OCH3 is 1. The Morgan fingerprint density at radius 2 is 2.00 bits per heavy atom. The summed E-state index contributed by atoms with van der Waals surface area (Å²) in [5.41, 5.74) is 2.82. The number of ether oxygens (including phenoxy) is 3. The summed E-state index contributed by atoms with van der Waals surface area (Å²) in [6.45, 7) is 7.50. The van der Waals surface area contributed by atoms with Crippen LogP contribution >= 0.6 is 23.2 Å². The molecule has 5 rings (SSSR count). The van der Waals surface area contributed by atoms with Gasteiger partial charge < -0.3 is 14.2 Å². The molecule has 36 heavy (non-hydrogen) atoms. The fourth-order valence-electron chi connectivity index (χ4n) is 4.91. The molecule has 0 saturated heterocycles. The first-order valence-electron chi connectivity index (χ1n) is 11.8. The van der Waals surface area contributed by atoms with Crippen LogP contribution in [0.5, 0.6) is 17.2 Å². The van der Waals surface area contributed by atoms with Gasteiger partial charge in [0.2, 0.25) is 12.5 Å². The molecule has 0 amide bonds. The summed E-state index contributed by atoms with van der Waals surface area (Å²) >= 11 is 12.5. The molecule has 0 spiro atoms. The van der Waals surface area contributed by atoms with Crippen molar-refractivity contribution in [2.45, 2.75) is 39.3 Å². The van der Waals surface area contributed by atoms with Crippen molar-refractivity contribution in [2.75, 3.05) is 27.5 Å². The minimum atomic E-state index is -0.231. The molecule has 2 aliphatic rings. The van der Waals surface area contributed by atoms with Gasteiger partial charge in [0, 0.05) is 22.2 Å². The van der Waals surface area contributed by atoms with Gasteiger partial charge in [-0.2, -0.15) is 0 Å². The van der Waals surface area contributed by atoms with Crippen LogP contribution in [-0.4, -0.2) is 52.6 Å². The highest BCUT2D eigenvalue weighted by Gasteiger charge is 2.39. The van der Waals surface area contributed by atoms with Gasteiger partial charge in [0.25, 0.3) is 0 Å². The molecule has 2 atom stereocenters. The highest BCUT2D eigenvalue weighted by atomic mass is 35.5. The summed E-state index contributed by atoms with van der Waals surface area (Å²) in [7, 11) is 3.73. The van der Waals surface area contributed by atoms with Gasteiger partial charge in [0.05, 0.1) is 13.2 Å². The first-order chi connectivity index (χ1) is 17.2. The average Bonchev–Trinajstić information content (AvgIpc) is 3.48. The predicted molar refractivity (Wildman–Crippen MR) is 139 cm³/mol. The van der Waals surface area contributed by atoms with Crippen LogP contribution in [0.2, 0.25) is 10.0 Å². The van der Waals surface area contributed by atoms with E-state index in [4.69, 9.17) is 37.4 Å². The topological polar surface area (TPSA) is 74.5 Å². The third kappa shape index (κ3) is 4.42. The van der Waals surface area contributed by atoms with Gasteiger partial charge in [0.15, 0.2) is 17.3 Å². The molecular formula is C26H29Cl2N5O3. The number of fused-ring (bicyclic) bond motifs is 2. The van der Waals surface area contributed by atoms with E-state index in [1.54, 1.807) is 13.2 Å². The number of aromatic nitrogens is 4. The van der Waals surface area contributed by atoms with Crippen LogP contribution in [0.1, 0.15) is 55.4 Å². The molecular weight excluding hydrogens is 501 g/mol. The Balaban J connectivity index is 1.61. The van der Waals surface area contributed by atoms with Crippen molar-refractivity contribution < 1.29 is 14.2 Å². The van der Waals surface area contributed by atoms with Crippen molar-refractivity contribution >= 4 is 29.3 Å². The van der Waals surface area contributed by atoms with Crippen molar-refractivity contribution in [1.82, 2.24) is 25.1 Å². The Kier molecular flexibility index (Phi) is 6.61. The van der Waals surface area contributed by atoms with Crippen LogP contribution in [0.3, 0.4) is 0 Å². The van der Waals surface area contributed by atoms with Crippen molar-refractivity contribution in [1.29, 1.82) is 0 Å². The van der Waals surface area contributed by atoms with E-state index in [0.717, 1.165) is 35.5 Å². The highest BCUT2D eigenvalue weighted by Crippen LogP contribution is 2.51. The van der Waals surface area contributed by atoms with Crippen LogP contribution in [-0.2, 0) is 6.42 Å². The summed E-state index contributed by atoms with van der Waals surface area (Å²) in [5.74, 6) is 2.73. The summed E-state index contributed by atoms with van der Waals surface area (Å²) in [5, 5.41) is 14.3. The van der Waals surface area contributed by atoms with Crippen molar-refractivity contribution in [3.63, 3.8) is 0 Å². The number of rotatable bonds is 5. The molecule has 1 aromatic heterocycles. The monoisotopic (exact) mass is 529 g/mol. The first kappa shape index (κ1) is 24.9. The lowest BCUT2D eigenvalue weighted by Gasteiger charge is -2.36.